The highest BCUT2D eigenvalue weighted by Crippen LogP contribution is 2.25. The third-order valence-corrected chi connectivity index (χ3v) is 3.20. The van der Waals surface area contributed by atoms with Gasteiger partial charge in [0.1, 0.15) is 5.69 Å². The highest BCUT2D eigenvalue weighted by molar-refractivity contribution is 9.10. The summed E-state index contributed by atoms with van der Waals surface area (Å²) in [5, 5.41) is 5.65. The van der Waals surface area contributed by atoms with Gasteiger partial charge in [-0.1, -0.05) is 11.6 Å². The van der Waals surface area contributed by atoms with E-state index in [0.29, 0.717) is 22.1 Å². The lowest BCUT2D eigenvalue weighted by Crippen LogP contribution is -2.12. The number of hydrogen-bond donors (Lipinski definition) is 3. The summed E-state index contributed by atoms with van der Waals surface area (Å²) in [6.07, 6.45) is 1.67. The smallest absolute Gasteiger partial charge is 0.272 e. The van der Waals surface area contributed by atoms with Crippen molar-refractivity contribution in [3.05, 3.63) is 45.7 Å². The summed E-state index contributed by atoms with van der Waals surface area (Å²) >= 11 is 9.28. The van der Waals surface area contributed by atoms with Crippen molar-refractivity contribution in [1.82, 2.24) is 4.98 Å². The van der Waals surface area contributed by atoms with Gasteiger partial charge in [0.25, 0.3) is 5.91 Å². The topological polar surface area (TPSA) is 74.0 Å². The quantitative estimate of drug-likeness (QED) is 0.785. The van der Waals surface area contributed by atoms with Crippen LogP contribution in [0, 0.1) is 0 Å². The molecule has 0 saturated carbocycles. The number of hydrogen-bond acceptors (Lipinski definition) is 2. The molecule has 2 aromatic rings. The van der Waals surface area contributed by atoms with Crippen molar-refractivity contribution in [2.75, 3.05) is 10.6 Å². The summed E-state index contributed by atoms with van der Waals surface area (Å²) in [6, 6.07) is 6.53. The molecule has 1 heterocycles. The van der Waals surface area contributed by atoms with Crippen LogP contribution in [0.4, 0.5) is 11.4 Å². The number of nitrogens with one attached hydrogen (secondary N) is 3. The molecule has 0 bridgehead atoms. The van der Waals surface area contributed by atoms with Crippen LogP contribution in [0.1, 0.15) is 17.4 Å². The van der Waals surface area contributed by atoms with E-state index in [1.165, 1.54) is 6.92 Å². The van der Waals surface area contributed by atoms with Gasteiger partial charge in [0, 0.05) is 23.3 Å². The van der Waals surface area contributed by atoms with E-state index >= 15 is 0 Å². The Bertz CT molecular complexity index is 669. The molecule has 2 rings (SSSR count). The minimum atomic E-state index is -0.279. The number of benzene rings is 1. The number of aromatic nitrogens is 1. The van der Waals surface area contributed by atoms with Gasteiger partial charge in [-0.2, -0.15) is 0 Å². The maximum absolute atomic E-state index is 11.9. The summed E-state index contributed by atoms with van der Waals surface area (Å²) in [4.78, 5) is 25.7. The number of rotatable bonds is 3. The summed E-state index contributed by atoms with van der Waals surface area (Å²) < 4.78 is 0.793. The molecule has 0 radical (unpaired) electrons. The molecule has 5 nitrogen and oxygen atoms in total. The SMILES string of the molecule is CC(=O)Nc1ccc(NC(=O)c2cc(Br)c[nH]2)cc1Cl. The van der Waals surface area contributed by atoms with Crippen LogP contribution in [0.5, 0.6) is 0 Å². The average Bonchev–Trinajstić information content (AvgIpc) is 2.79. The van der Waals surface area contributed by atoms with E-state index in [4.69, 9.17) is 11.6 Å². The van der Waals surface area contributed by atoms with Crippen LogP contribution in [0.2, 0.25) is 5.02 Å². The number of H-pyrrole nitrogens is 1. The Morgan fingerprint density at radius 3 is 2.55 bits per heavy atom. The third kappa shape index (κ3) is 3.61. The van der Waals surface area contributed by atoms with Gasteiger partial charge in [-0.05, 0) is 40.2 Å². The standard InChI is InChI=1S/C13H11BrClN3O2/c1-7(19)17-11-3-2-9(5-10(11)15)18-13(20)12-4-8(14)6-16-12/h2-6,16H,1H3,(H,17,19)(H,18,20). The van der Waals surface area contributed by atoms with Gasteiger partial charge in [-0.15, -0.1) is 0 Å². The van der Waals surface area contributed by atoms with Crippen LogP contribution < -0.4 is 10.6 Å². The number of amides is 2. The van der Waals surface area contributed by atoms with Gasteiger partial charge in [-0.3, -0.25) is 9.59 Å². The number of halogens is 2. The van der Waals surface area contributed by atoms with Crippen molar-refractivity contribution >= 4 is 50.7 Å². The van der Waals surface area contributed by atoms with E-state index in [1.54, 1.807) is 30.5 Å². The van der Waals surface area contributed by atoms with Crippen molar-refractivity contribution in [2.45, 2.75) is 6.92 Å². The lowest BCUT2D eigenvalue weighted by Gasteiger charge is -2.08. The summed E-state index contributed by atoms with van der Waals surface area (Å²) in [5.41, 5.74) is 1.47. The first-order valence-corrected chi connectivity index (χ1v) is 6.85. The Hall–Kier alpha value is -1.79. The summed E-state index contributed by atoms with van der Waals surface area (Å²) in [7, 11) is 0. The van der Waals surface area contributed by atoms with Crippen LogP contribution in [-0.2, 0) is 4.79 Å². The Morgan fingerprint density at radius 2 is 2.00 bits per heavy atom. The minimum Gasteiger partial charge on any atom is -0.356 e. The molecule has 0 fully saturated rings. The van der Waals surface area contributed by atoms with Crippen molar-refractivity contribution in [3.8, 4) is 0 Å². The molecule has 0 saturated heterocycles. The van der Waals surface area contributed by atoms with Gasteiger partial charge in [0.2, 0.25) is 5.91 Å². The van der Waals surface area contributed by atoms with Gasteiger partial charge < -0.3 is 15.6 Å². The average molecular weight is 357 g/mol. The molecule has 1 aromatic carbocycles. The molecule has 20 heavy (non-hydrogen) atoms. The van der Waals surface area contributed by atoms with E-state index in [1.807, 2.05) is 0 Å². The van der Waals surface area contributed by atoms with Crippen LogP contribution in [0.15, 0.2) is 34.9 Å². The maximum Gasteiger partial charge on any atom is 0.272 e. The highest BCUT2D eigenvalue weighted by Gasteiger charge is 2.10. The van der Waals surface area contributed by atoms with Crippen molar-refractivity contribution in [2.24, 2.45) is 0 Å². The van der Waals surface area contributed by atoms with Gasteiger partial charge in [0.05, 0.1) is 10.7 Å². The van der Waals surface area contributed by atoms with Gasteiger partial charge in [-0.25, -0.2) is 0 Å². The second-order valence-electron chi connectivity index (χ2n) is 4.06. The predicted molar refractivity (Wildman–Crippen MR) is 82.2 cm³/mol. The van der Waals surface area contributed by atoms with E-state index in [2.05, 4.69) is 31.5 Å². The predicted octanol–water partition coefficient (Wildman–Crippen LogP) is 3.64. The van der Waals surface area contributed by atoms with Gasteiger partial charge in [0.15, 0.2) is 0 Å². The molecular weight excluding hydrogens is 346 g/mol. The molecule has 104 valence electrons. The van der Waals surface area contributed by atoms with Gasteiger partial charge >= 0.3 is 0 Å². The first-order chi connectivity index (χ1) is 9.45. The fourth-order valence-corrected chi connectivity index (χ4v) is 2.15. The zero-order chi connectivity index (χ0) is 14.7. The van der Waals surface area contributed by atoms with E-state index in [-0.39, 0.29) is 11.8 Å². The number of carbonyl (C=O) groups excluding carboxylic acids is 2. The van der Waals surface area contributed by atoms with Crippen LogP contribution in [0.3, 0.4) is 0 Å². The van der Waals surface area contributed by atoms with E-state index < -0.39 is 0 Å². The Kier molecular flexibility index (Phi) is 4.46. The lowest BCUT2D eigenvalue weighted by molar-refractivity contribution is -0.114. The van der Waals surface area contributed by atoms with E-state index in [0.717, 1.165) is 4.47 Å². The number of carbonyl (C=O) groups is 2. The molecule has 1 aromatic heterocycles. The first kappa shape index (κ1) is 14.6. The minimum absolute atomic E-state index is 0.208. The van der Waals surface area contributed by atoms with Crippen LogP contribution >= 0.6 is 27.5 Å². The van der Waals surface area contributed by atoms with E-state index in [9.17, 15) is 9.59 Å². The number of aromatic amines is 1. The number of anilines is 2. The summed E-state index contributed by atoms with van der Waals surface area (Å²) in [6.45, 7) is 1.40. The Balaban J connectivity index is 2.12. The molecular formula is C13H11BrClN3O2. The molecule has 2 amide bonds. The second kappa shape index (κ2) is 6.11. The van der Waals surface area contributed by atoms with Crippen molar-refractivity contribution < 1.29 is 9.59 Å². The normalized spacial score (nSPS) is 10.2. The second-order valence-corrected chi connectivity index (χ2v) is 5.38. The lowest BCUT2D eigenvalue weighted by atomic mass is 10.2. The largest absolute Gasteiger partial charge is 0.356 e. The Labute approximate surface area is 128 Å². The fourth-order valence-electron chi connectivity index (χ4n) is 1.58. The van der Waals surface area contributed by atoms with Crippen molar-refractivity contribution in [3.63, 3.8) is 0 Å². The molecule has 0 spiro atoms. The zero-order valence-corrected chi connectivity index (χ0v) is 12.8. The van der Waals surface area contributed by atoms with Crippen LogP contribution in [0.25, 0.3) is 0 Å². The Morgan fingerprint density at radius 1 is 1.25 bits per heavy atom. The highest BCUT2D eigenvalue weighted by atomic mass is 79.9. The molecule has 0 aliphatic carbocycles. The first-order valence-electron chi connectivity index (χ1n) is 5.68. The third-order valence-electron chi connectivity index (χ3n) is 2.43. The van der Waals surface area contributed by atoms with Crippen LogP contribution in [-0.4, -0.2) is 16.8 Å². The molecule has 7 heteroatoms. The fraction of sp³-hybridized carbons (Fsp3) is 0.0769. The molecule has 0 aliphatic heterocycles. The molecule has 0 atom stereocenters. The summed E-state index contributed by atoms with van der Waals surface area (Å²) in [5.74, 6) is -0.487. The molecule has 0 unspecified atom stereocenters. The molecule has 3 N–H and O–H groups in total. The zero-order valence-electron chi connectivity index (χ0n) is 10.5. The monoisotopic (exact) mass is 355 g/mol. The molecule has 0 aliphatic rings. The maximum atomic E-state index is 11.9. The van der Waals surface area contributed by atoms with Crippen molar-refractivity contribution in [1.29, 1.82) is 0 Å².